The van der Waals surface area contributed by atoms with Gasteiger partial charge in [-0.2, -0.15) is 4.91 Å². The fourth-order valence-electron chi connectivity index (χ4n) is 2.34. The number of hydrogen-bond donors (Lipinski definition) is 1. The molecule has 1 aliphatic rings. The predicted molar refractivity (Wildman–Crippen MR) is 52.4 cm³/mol. The molecule has 0 spiro atoms. The van der Waals surface area contributed by atoms with Crippen molar-refractivity contribution in [1.29, 1.82) is 0 Å². The van der Waals surface area contributed by atoms with E-state index < -0.39 is 0 Å². The standard InChI is InChI=1S/C10H19NO2/c1-8-9(5-3-7-12)4-2-6-10(8)11-13/h8-10,12H,2-7H2,1H3/t8?,9-,10?/m0/s1. The molecule has 0 radical (unpaired) electrons. The van der Waals surface area contributed by atoms with E-state index in [9.17, 15) is 4.91 Å². The highest BCUT2D eigenvalue weighted by atomic mass is 16.3. The number of hydrogen-bond acceptors (Lipinski definition) is 3. The van der Waals surface area contributed by atoms with Crippen molar-refractivity contribution in [2.75, 3.05) is 6.61 Å². The van der Waals surface area contributed by atoms with Crippen LogP contribution in [-0.2, 0) is 0 Å². The lowest BCUT2D eigenvalue weighted by atomic mass is 9.75. The van der Waals surface area contributed by atoms with Gasteiger partial charge in [-0.1, -0.05) is 24.9 Å². The Hall–Kier alpha value is -0.440. The van der Waals surface area contributed by atoms with E-state index in [4.69, 9.17) is 5.11 Å². The minimum absolute atomic E-state index is 0.0254. The van der Waals surface area contributed by atoms with Crippen LogP contribution in [0.4, 0.5) is 0 Å². The molecule has 3 atom stereocenters. The first-order valence-corrected chi connectivity index (χ1v) is 5.23. The van der Waals surface area contributed by atoms with Crippen LogP contribution in [0.1, 0.15) is 39.0 Å². The van der Waals surface area contributed by atoms with E-state index >= 15 is 0 Å². The number of nitroso groups, excluding NO2 is 1. The zero-order chi connectivity index (χ0) is 9.68. The van der Waals surface area contributed by atoms with E-state index in [1.54, 1.807) is 0 Å². The summed E-state index contributed by atoms with van der Waals surface area (Å²) < 4.78 is 0. The largest absolute Gasteiger partial charge is 0.396 e. The molecule has 1 fully saturated rings. The van der Waals surface area contributed by atoms with Crippen LogP contribution in [0.2, 0.25) is 0 Å². The Bertz CT molecular complexity index is 161. The number of nitrogens with zero attached hydrogens (tertiary/aromatic N) is 1. The third-order valence-corrected chi connectivity index (χ3v) is 3.29. The molecule has 1 saturated carbocycles. The van der Waals surface area contributed by atoms with Crippen molar-refractivity contribution >= 4 is 0 Å². The van der Waals surface area contributed by atoms with Crippen LogP contribution >= 0.6 is 0 Å². The number of rotatable bonds is 4. The molecule has 0 aliphatic heterocycles. The highest BCUT2D eigenvalue weighted by Crippen LogP contribution is 2.34. The van der Waals surface area contributed by atoms with Crippen molar-refractivity contribution in [2.24, 2.45) is 17.0 Å². The monoisotopic (exact) mass is 185 g/mol. The summed E-state index contributed by atoms with van der Waals surface area (Å²) in [6, 6.07) is 0.0254. The lowest BCUT2D eigenvalue weighted by Gasteiger charge is -2.32. The van der Waals surface area contributed by atoms with E-state index in [0.29, 0.717) is 11.8 Å². The van der Waals surface area contributed by atoms with Crippen molar-refractivity contribution in [3.05, 3.63) is 4.91 Å². The summed E-state index contributed by atoms with van der Waals surface area (Å²) in [5.74, 6) is 1.02. The molecule has 2 unspecified atom stereocenters. The summed E-state index contributed by atoms with van der Waals surface area (Å²) >= 11 is 0. The first-order chi connectivity index (χ1) is 6.29. The Morgan fingerprint density at radius 3 is 2.85 bits per heavy atom. The summed E-state index contributed by atoms with van der Waals surface area (Å²) in [5.41, 5.74) is 0. The highest BCUT2D eigenvalue weighted by molar-refractivity contribution is 4.83. The third-order valence-electron chi connectivity index (χ3n) is 3.29. The second kappa shape index (κ2) is 5.32. The molecule has 1 N–H and O–H groups in total. The molecule has 0 aromatic carbocycles. The summed E-state index contributed by atoms with van der Waals surface area (Å²) in [7, 11) is 0. The maximum Gasteiger partial charge on any atom is 0.0947 e. The van der Waals surface area contributed by atoms with Gasteiger partial charge in [0.25, 0.3) is 0 Å². The molecule has 0 aromatic rings. The number of aliphatic hydroxyl groups is 1. The number of aliphatic hydroxyl groups excluding tert-OH is 1. The van der Waals surface area contributed by atoms with Crippen LogP contribution in [-0.4, -0.2) is 17.8 Å². The van der Waals surface area contributed by atoms with E-state index in [1.807, 2.05) is 0 Å². The molecular formula is C10H19NO2. The molecule has 0 saturated heterocycles. The summed E-state index contributed by atoms with van der Waals surface area (Å²) in [6.45, 7) is 2.38. The van der Waals surface area contributed by atoms with Crippen molar-refractivity contribution in [3.8, 4) is 0 Å². The van der Waals surface area contributed by atoms with Gasteiger partial charge in [-0.15, -0.1) is 0 Å². The smallest absolute Gasteiger partial charge is 0.0947 e. The van der Waals surface area contributed by atoms with Gasteiger partial charge >= 0.3 is 0 Å². The topological polar surface area (TPSA) is 49.7 Å². The average molecular weight is 185 g/mol. The molecule has 0 aromatic heterocycles. The Morgan fingerprint density at radius 1 is 1.46 bits per heavy atom. The molecule has 0 heterocycles. The maximum atomic E-state index is 10.5. The Morgan fingerprint density at radius 2 is 2.23 bits per heavy atom. The van der Waals surface area contributed by atoms with Crippen molar-refractivity contribution in [1.82, 2.24) is 0 Å². The van der Waals surface area contributed by atoms with Gasteiger partial charge in [-0.3, -0.25) is 0 Å². The zero-order valence-electron chi connectivity index (χ0n) is 8.28. The molecule has 76 valence electrons. The van der Waals surface area contributed by atoms with E-state index in [1.165, 1.54) is 6.42 Å². The highest BCUT2D eigenvalue weighted by Gasteiger charge is 2.29. The molecule has 0 amide bonds. The lowest BCUT2D eigenvalue weighted by Crippen LogP contribution is -2.28. The van der Waals surface area contributed by atoms with Crippen LogP contribution in [0.5, 0.6) is 0 Å². The Labute approximate surface area is 79.5 Å². The second-order valence-corrected chi connectivity index (χ2v) is 4.09. The molecule has 0 bridgehead atoms. The second-order valence-electron chi connectivity index (χ2n) is 4.09. The van der Waals surface area contributed by atoms with Gasteiger partial charge in [0.15, 0.2) is 0 Å². The minimum atomic E-state index is 0.0254. The van der Waals surface area contributed by atoms with Gasteiger partial charge in [0.05, 0.1) is 6.04 Å². The van der Waals surface area contributed by atoms with Gasteiger partial charge in [-0.05, 0) is 31.1 Å². The van der Waals surface area contributed by atoms with Crippen LogP contribution in [0.15, 0.2) is 5.18 Å². The Balaban J connectivity index is 2.39. The predicted octanol–water partition coefficient (Wildman–Crippen LogP) is 2.33. The van der Waals surface area contributed by atoms with Crippen molar-refractivity contribution in [3.63, 3.8) is 0 Å². The fourth-order valence-corrected chi connectivity index (χ4v) is 2.34. The van der Waals surface area contributed by atoms with E-state index in [0.717, 1.165) is 25.7 Å². The Kier molecular flexibility index (Phi) is 4.36. The van der Waals surface area contributed by atoms with Crippen molar-refractivity contribution in [2.45, 2.75) is 45.1 Å². The summed E-state index contributed by atoms with van der Waals surface area (Å²) in [4.78, 5) is 10.5. The average Bonchev–Trinajstić information content (AvgIpc) is 2.16. The fraction of sp³-hybridized carbons (Fsp3) is 1.00. The van der Waals surface area contributed by atoms with Crippen LogP contribution in [0, 0.1) is 16.7 Å². The molecule has 3 nitrogen and oxygen atoms in total. The third kappa shape index (κ3) is 2.76. The van der Waals surface area contributed by atoms with Gasteiger partial charge in [0.2, 0.25) is 0 Å². The van der Waals surface area contributed by atoms with Crippen LogP contribution in [0.3, 0.4) is 0 Å². The van der Waals surface area contributed by atoms with Crippen LogP contribution in [0.25, 0.3) is 0 Å². The van der Waals surface area contributed by atoms with Crippen molar-refractivity contribution < 1.29 is 5.11 Å². The van der Waals surface area contributed by atoms with Gasteiger partial charge in [0.1, 0.15) is 0 Å². The maximum absolute atomic E-state index is 10.5. The van der Waals surface area contributed by atoms with E-state index in [2.05, 4.69) is 12.1 Å². The normalized spacial score (nSPS) is 34.5. The SMILES string of the molecule is CC1C(N=O)CCC[C@H]1CCCO. The molecule has 3 heteroatoms. The van der Waals surface area contributed by atoms with Gasteiger partial charge in [0, 0.05) is 6.61 Å². The quantitative estimate of drug-likeness (QED) is 0.683. The molecule has 1 rings (SSSR count). The van der Waals surface area contributed by atoms with E-state index in [-0.39, 0.29) is 12.6 Å². The minimum Gasteiger partial charge on any atom is -0.396 e. The molecular weight excluding hydrogens is 166 g/mol. The molecule has 1 aliphatic carbocycles. The first-order valence-electron chi connectivity index (χ1n) is 5.23. The van der Waals surface area contributed by atoms with Gasteiger partial charge < -0.3 is 5.11 Å². The molecule has 13 heavy (non-hydrogen) atoms. The first kappa shape index (κ1) is 10.6. The summed E-state index contributed by atoms with van der Waals surface area (Å²) in [6.07, 6.45) is 5.19. The van der Waals surface area contributed by atoms with Crippen LogP contribution < -0.4 is 0 Å². The lowest BCUT2D eigenvalue weighted by molar-refractivity contribution is 0.189. The summed E-state index contributed by atoms with van der Waals surface area (Å²) in [5, 5.41) is 11.9. The zero-order valence-corrected chi connectivity index (χ0v) is 8.28. The van der Waals surface area contributed by atoms with Gasteiger partial charge in [-0.25, -0.2) is 0 Å².